The Morgan fingerprint density at radius 3 is 2.58 bits per heavy atom. The highest BCUT2D eigenvalue weighted by Crippen LogP contribution is 2.35. The number of aromatic nitrogens is 1. The molecule has 0 aliphatic carbocycles. The number of benzene rings is 4. The number of hydrogen-bond donors (Lipinski definition) is 2. The molecule has 0 saturated heterocycles. The Kier molecular flexibility index (Phi) is 7.55. The maximum absolute atomic E-state index is 12.9. The van der Waals surface area contributed by atoms with Crippen LogP contribution in [-0.2, 0) is 6.61 Å². The van der Waals surface area contributed by atoms with Gasteiger partial charge in [0, 0.05) is 14.7 Å². The minimum Gasteiger partial charge on any atom is -0.489 e. The second-order valence-corrected chi connectivity index (χ2v) is 10.6. The fraction of sp³-hybridized carbons (Fsp3) is 0.0357. The Balaban J connectivity index is 1.28. The summed E-state index contributed by atoms with van der Waals surface area (Å²) in [4.78, 5) is 17.7. The SMILES string of the molecule is O=C(NC(=S)Nc1ccc(I)cc1-c1nc2ccccc2s1)c1cccc(OCc2ccccc2)c1. The molecule has 1 aromatic heterocycles. The third-order valence-electron chi connectivity index (χ3n) is 5.33. The summed E-state index contributed by atoms with van der Waals surface area (Å²) in [6.07, 6.45) is 0. The minimum atomic E-state index is -0.315. The van der Waals surface area contributed by atoms with Crippen molar-refractivity contribution in [3.63, 3.8) is 0 Å². The van der Waals surface area contributed by atoms with Crippen molar-refractivity contribution in [3.8, 4) is 16.3 Å². The van der Waals surface area contributed by atoms with Gasteiger partial charge in [0.15, 0.2) is 5.11 Å². The highest BCUT2D eigenvalue weighted by Gasteiger charge is 2.14. The molecule has 0 fully saturated rings. The Morgan fingerprint density at radius 2 is 1.75 bits per heavy atom. The Morgan fingerprint density at radius 1 is 0.944 bits per heavy atom. The molecular weight excluding hydrogens is 601 g/mol. The molecule has 0 bridgehead atoms. The molecule has 0 spiro atoms. The number of thiazole rings is 1. The zero-order valence-corrected chi connectivity index (χ0v) is 22.7. The van der Waals surface area contributed by atoms with Crippen molar-refractivity contribution in [1.82, 2.24) is 10.3 Å². The van der Waals surface area contributed by atoms with Crippen molar-refractivity contribution in [1.29, 1.82) is 0 Å². The number of para-hydroxylation sites is 1. The number of carbonyl (C=O) groups excluding carboxylic acids is 1. The third kappa shape index (κ3) is 5.89. The van der Waals surface area contributed by atoms with Gasteiger partial charge in [-0.3, -0.25) is 10.1 Å². The fourth-order valence-electron chi connectivity index (χ4n) is 3.59. The lowest BCUT2D eigenvalue weighted by molar-refractivity contribution is 0.0977. The summed E-state index contributed by atoms with van der Waals surface area (Å²) in [6.45, 7) is 0.424. The number of anilines is 1. The van der Waals surface area contributed by atoms with Crippen LogP contribution in [0, 0.1) is 3.57 Å². The Bertz CT molecular complexity index is 1520. The van der Waals surface area contributed by atoms with E-state index >= 15 is 0 Å². The summed E-state index contributed by atoms with van der Waals surface area (Å²) >= 11 is 9.37. The van der Waals surface area contributed by atoms with E-state index in [1.54, 1.807) is 29.5 Å². The van der Waals surface area contributed by atoms with Crippen molar-refractivity contribution in [2.24, 2.45) is 0 Å². The first-order chi connectivity index (χ1) is 17.5. The number of ether oxygens (including phenoxy) is 1. The number of halogens is 1. The van der Waals surface area contributed by atoms with Crippen LogP contribution in [0.5, 0.6) is 5.75 Å². The van der Waals surface area contributed by atoms with Gasteiger partial charge in [-0.05, 0) is 88.9 Å². The summed E-state index contributed by atoms with van der Waals surface area (Å²) in [7, 11) is 0. The average Bonchev–Trinajstić information content (AvgIpc) is 3.33. The summed E-state index contributed by atoms with van der Waals surface area (Å²) in [5.41, 5.74) is 4.17. The first-order valence-electron chi connectivity index (χ1n) is 11.1. The molecule has 0 aliphatic heterocycles. The van der Waals surface area contributed by atoms with Crippen LogP contribution in [0.2, 0.25) is 0 Å². The van der Waals surface area contributed by atoms with Crippen LogP contribution in [0.1, 0.15) is 15.9 Å². The highest BCUT2D eigenvalue weighted by atomic mass is 127. The molecule has 178 valence electrons. The number of nitrogens with one attached hydrogen (secondary N) is 2. The minimum absolute atomic E-state index is 0.208. The summed E-state index contributed by atoms with van der Waals surface area (Å²) in [5, 5.41) is 7.04. The van der Waals surface area contributed by atoms with Gasteiger partial charge in [0.1, 0.15) is 17.4 Å². The molecule has 5 nitrogen and oxygen atoms in total. The predicted molar refractivity (Wildman–Crippen MR) is 159 cm³/mol. The van der Waals surface area contributed by atoms with E-state index in [9.17, 15) is 4.79 Å². The highest BCUT2D eigenvalue weighted by molar-refractivity contribution is 14.1. The molecule has 1 amide bonds. The fourth-order valence-corrected chi connectivity index (χ4v) is 5.28. The average molecular weight is 622 g/mol. The van der Waals surface area contributed by atoms with Gasteiger partial charge < -0.3 is 10.1 Å². The quantitative estimate of drug-likeness (QED) is 0.154. The summed E-state index contributed by atoms with van der Waals surface area (Å²) in [5.74, 6) is 0.297. The predicted octanol–water partition coefficient (Wildman–Crippen LogP) is 7.27. The van der Waals surface area contributed by atoms with E-state index in [-0.39, 0.29) is 11.0 Å². The largest absolute Gasteiger partial charge is 0.489 e. The molecule has 8 heteroatoms. The third-order valence-corrected chi connectivity index (χ3v) is 7.27. The monoisotopic (exact) mass is 621 g/mol. The van der Waals surface area contributed by atoms with Crippen molar-refractivity contribution < 1.29 is 9.53 Å². The number of nitrogens with zero attached hydrogens (tertiary/aromatic N) is 1. The number of rotatable bonds is 6. The number of thiocarbonyl (C=S) groups is 1. The van der Waals surface area contributed by atoms with Gasteiger partial charge in [-0.2, -0.15) is 0 Å². The molecule has 5 rings (SSSR count). The molecule has 4 aromatic carbocycles. The first-order valence-corrected chi connectivity index (χ1v) is 13.4. The van der Waals surface area contributed by atoms with Crippen LogP contribution in [0.4, 0.5) is 5.69 Å². The number of amides is 1. The van der Waals surface area contributed by atoms with Crippen molar-refractivity contribution in [2.45, 2.75) is 6.61 Å². The van der Waals surface area contributed by atoms with E-state index in [4.69, 9.17) is 21.9 Å². The molecule has 5 aromatic rings. The Hall–Kier alpha value is -3.34. The number of carbonyl (C=O) groups is 1. The second-order valence-electron chi connectivity index (χ2n) is 7.89. The van der Waals surface area contributed by atoms with E-state index in [0.717, 1.165) is 35.6 Å². The van der Waals surface area contributed by atoms with Gasteiger partial charge >= 0.3 is 0 Å². The van der Waals surface area contributed by atoms with Gasteiger partial charge in [0.05, 0.1) is 15.9 Å². The standard InChI is InChI=1S/C28H20IN3O2S2/c29-20-13-14-23(22(16-20)27-30-24-11-4-5-12-25(24)36-27)31-28(35)32-26(33)19-9-6-10-21(15-19)34-17-18-7-2-1-3-8-18/h1-16H,17H2,(H2,31,32,33,35). The van der Waals surface area contributed by atoms with Gasteiger partial charge in [-0.15, -0.1) is 11.3 Å². The molecule has 0 aliphatic rings. The zero-order chi connectivity index (χ0) is 24.9. The van der Waals surface area contributed by atoms with E-state index in [1.807, 2.05) is 66.7 Å². The molecular formula is C28H20IN3O2S2. The van der Waals surface area contributed by atoms with E-state index in [1.165, 1.54) is 0 Å². The molecule has 1 heterocycles. The van der Waals surface area contributed by atoms with Crippen LogP contribution in [0.25, 0.3) is 20.8 Å². The van der Waals surface area contributed by atoms with Gasteiger partial charge in [-0.25, -0.2) is 4.98 Å². The van der Waals surface area contributed by atoms with Crippen LogP contribution < -0.4 is 15.4 Å². The maximum Gasteiger partial charge on any atom is 0.257 e. The maximum atomic E-state index is 12.9. The van der Waals surface area contributed by atoms with Gasteiger partial charge in [0.25, 0.3) is 5.91 Å². The lowest BCUT2D eigenvalue weighted by Crippen LogP contribution is -2.34. The lowest BCUT2D eigenvalue weighted by atomic mass is 10.2. The first kappa shape index (κ1) is 24.4. The molecule has 2 N–H and O–H groups in total. The van der Waals surface area contributed by atoms with Crippen molar-refractivity contribution in [2.75, 3.05) is 5.32 Å². The van der Waals surface area contributed by atoms with Crippen LogP contribution >= 0.6 is 46.1 Å². The molecule has 0 unspecified atom stereocenters. The number of fused-ring (bicyclic) bond motifs is 1. The van der Waals surface area contributed by atoms with Gasteiger partial charge in [-0.1, -0.05) is 48.5 Å². The molecule has 0 radical (unpaired) electrons. The van der Waals surface area contributed by atoms with Crippen LogP contribution in [-0.4, -0.2) is 16.0 Å². The number of hydrogen-bond acceptors (Lipinski definition) is 5. The van der Waals surface area contributed by atoms with Crippen molar-refractivity contribution in [3.05, 3.63) is 112 Å². The van der Waals surface area contributed by atoms with E-state index < -0.39 is 0 Å². The molecule has 36 heavy (non-hydrogen) atoms. The summed E-state index contributed by atoms with van der Waals surface area (Å²) in [6, 6.07) is 30.9. The van der Waals surface area contributed by atoms with Crippen LogP contribution in [0.3, 0.4) is 0 Å². The smallest absolute Gasteiger partial charge is 0.257 e. The molecule has 0 saturated carbocycles. The van der Waals surface area contributed by atoms with Crippen molar-refractivity contribution >= 4 is 73.1 Å². The van der Waals surface area contributed by atoms with E-state index in [0.29, 0.717) is 17.9 Å². The topological polar surface area (TPSA) is 63.2 Å². The van der Waals surface area contributed by atoms with Crippen LogP contribution in [0.15, 0.2) is 97.1 Å². The normalized spacial score (nSPS) is 10.7. The lowest BCUT2D eigenvalue weighted by Gasteiger charge is -2.13. The zero-order valence-electron chi connectivity index (χ0n) is 18.9. The summed E-state index contributed by atoms with van der Waals surface area (Å²) < 4.78 is 8.04. The second kappa shape index (κ2) is 11.2. The molecule has 0 atom stereocenters. The Labute approximate surface area is 231 Å². The van der Waals surface area contributed by atoms with Gasteiger partial charge in [0.2, 0.25) is 0 Å². The van der Waals surface area contributed by atoms with E-state index in [2.05, 4.69) is 45.4 Å².